The Morgan fingerprint density at radius 3 is 2.67 bits per heavy atom. The summed E-state index contributed by atoms with van der Waals surface area (Å²) in [5.41, 5.74) is 0.296. The van der Waals surface area contributed by atoms with Gasteiger partial charge in [0, 0.05) is 31.7 Å². The lowest BCUT2D eigenvalue weighted by Gasteiger charge is -2.52. The molecule has 170 valence electrons. The normalized spacial score (nSPS) is 28.1. The fraction of sp³-hybridized carbons (Fsp3) is 0.818. The van der Waals surface area contributed by atoms with E-state index in [2.05, 4.69) is 21.5 Å². The molecule has 1 amide bonds. The number of halogens is 1. The number of likely N-dealkylation sites (tertiary alicyclic amines) is 2. The molecule has 2 heterocycles. The first-order valence-electron chi connectivity index (χ1n) is 11.2. The molecule has 1 saturated carbocycles. The number of nitrogens with zero attached hydrogens (tertiary/aromatic N) is 4. The summed E-state index contributed by atoms with van der Waals surface area (Å²) in [7, 11) is 1.62. The number of aliphatic imine (C=N–C) groups is 1. The average Bonchev–Trinajstić information content (AvgIpc) is 3.18. The van der Waals surface area contributed by atoms with Crippen molar-refractivity contribution in [1.29, 1.82) is 0 Å². The van der Waals surface area contributed by atoms with Crippen LogP contribution in [0, 0.1) is 5.41 Å². The molecular weight excluding hydrogens is 387 g/mol. The van der Waals surface area contributed by atoms with E-state index in [1.54, 1.807) is 13.3 Å². The van der Waals surface area contributed by atoms with Gasteiger partial charge in [0.25, 0.3) is 0 Å². The molecule has 0 aromatic heterocycles. The number of hydrogen-bond donors (Lipinski definition) is 0. The van der Waals surface area contributed by atoms with Gasteiger partial charge in [-0.05, 0) is 64.2 Å². The van der Waals surface area contributed by atoms with E-state index in [-0.39, 0.29) is 12.8 Å². The maximum atomic E-state index is 13.1. The van der Waals surface area contributed by atoms with Crippen molar-refractivity contribution in [2.45, 2.75) is 51.1 Å². The first kappa shape index (κ1) is 23.0. The summed E-state index contributed by atoms with van der Waals surface area (Å²) in [5.74, 6) is 0.717. The molecule has 0 aromatic carbocycles. The van der Waals surface area contributed by atoms with E-state index >= 15 is 0 Å². The molecule has 1 aliphatic carbocycles. The van der Waals surface area contributed by atoms with Gasteiger partial charge in [-0.25, -0.2) is 9.18 Å². The Morgan fingerprint density at radius 2 is 2.07 bits per heavy atom. The Kier molecular flexibility index (Phi) is 8.11. The van der Waals surface area contributed by atoms with E-state index in [0.29, 0.717) is 43.0 Å². The van der Waals surface area contributed by atoms with Crippen LogP contribution < -0.4 is 0 Å². The zero-order chi connectivity index (χ0) is 21.6. The number of piperidine rings is 1. The Bertz CT molecular complexity index is 616. The van der Waals surface area contributed by atoms with Gasteiger partial charge >= 0.3 is 6.09 Å². The molecule has 0 radical (unpaired) electrons. The SMILES string of the molecule is C=N/C=C(/CN(CCF)C1CCN(C2CC3(CCN(C(=O)OCC)C3)C2)CC1)OC. The molecular formula is C22H37FN4O3. The van der Waals surface area contributed by atoms with Crippen molar-refractivity contribution in [2.75, 3.05) is 59.7 Å². The Hall–Kier alpha value is -1.67. The number of ether oxygens (including phenoxy) is 2. The lowest BCUT2D eigenvalue weighted by molar-refractivity contribution is -0.0166. The molecule has 3 fully saturated rings. The lowest BCUT2D eigenvalue weighted by atomic mass is 9.64. The summed E-state index contributed by atoms with van der Waals surface area (Å²) in [5, 5.41) is 0. The van der Waals surface area contributed by atoms with Crippen LogP contribution in [0.15, 0.2) is 17.0 Å². The predicted octanol–water partition coefficient (Wildman–Crippen LogP) is 2.92. The Balaban J connectivity index is 1.45. The van der Waals surface area contributed by atoms with Gasteiger partial charge in [-0.3, -0.25) is 9.89 Å². The van der Waals surface area contributed by atoms with Crippen molar-refractivity contribution in [2.24, 2.45) is 10.4 Å². The van der Waals surface area contributed by atoms with Crippen LogP contribution in [0.2, 0.25) is 0 Å². The number of carbonyl (C=O) groups excluding carboxylic acids is 1. The van der Waals surface area contributed by atoms with Gasteiger partial charge in [0.05, 0.1) is 26.5 Å². The summed E-state index contributed by atoms with van der Waals surface area (Å²) in [6.07, 6.45) is 6.95. The Labute approximate surface area is 179 Å². The summed E-state index contributed by atoms with van der Waals surface area (Å²) < 4.78 is 23.6. The van der Waals surface area contributed by atoms with Crippen molar-refractivity contribution in [3.63, 3.8) is 0 Å². The number of rotatable bonds is 9. The summed E-state index contributed by atoms with van der Waals surface area (Å²) >= 11 is 0. The van der Waals surface area contributed by atoms with Gasteiger partial charge in [0.1, 0.15) is 12.4 Å². The molecule has 0 atom stereocenters. The third-order valence-electron chi connectivity index (χ3n) is 7.06. The molecule has 0 unspecified atom stereocenters. The van der Waals surface area contributed by atoms with Gasteiger partial charge in [-0.2, -0.15) is 0 Å². The van der Waals surface area contributed by atoms with E-state index in [1.807, 2.05) is 11.8 Å². The molecule has 0 aromatic rings. The van der Waals surface area contributed by atoms with Gasteiger partial charge in [-0.1, -0.05) is 0 Å². The molecule has 3 aliphatic rings. The quantitative estimate of drug-likeness (QED) is 0.421. The lowest BCUT2D eigenvalue weighted by Crippen LogP contribution is -2.56. The van der Waals surface area contributed by atoms with E-state index in [0.717, 1.165) is 45.4 Å². The minimum Gasteiger partial charge on any atom is -0.498 e. The zero-order valence-electron chi connectivity index (χ0n) is 18.5. The third kappa shape index (κ3) is 5.32. The average molecular weight is 425 g/mol. The van der Waals surface area contributed by atoms with Crippen molar-refractivity contribution >= 4 is 12.8 Å². The first-order valence-corrected chi connectivity index (χ1v) is 11.2. The van der Waals surface area contributed by atoms with Crippen LogP contribution in [-0.2, 0) is 9.47 Å². The molecule has 8 heteroatoms. The summed E-state index contributed by atoms with van der Waals surface area (Å²) in [6, 6.07) is 0.974. The molecule has 0 bridgehead atoms. The fourth-order valence-electron chi connectivity index (χ4n) is 5.41. The third-order valence-corrected chi connectivity index (χ3v) is 7.06. The molecule has 0 N–H and O–H groups in total. The summed E-state index contributed by atoms with van der Waals surface area (Å²) in [4.78, 5) is 22.4. The molecule has 1 spiro atoms. The monoisotopic (exact) mass is 424 g/mol. The number of methoxy groups -OCH3 is 1. The molecule has 30 heavy (non-hydrogen) atoms. The van der Waals surface area contributed by atoms with Crippen LogP contribution in [0.3, 0.4) is 0 Å². The first-order chi connectivity index (χ1) is 14.5. The largest absolute Gasteiger partial charge is 0.498 e. The highest BCUT2D eigenvalue weighted by Gasteiger charge is 2.51. The molecule has 2 saturated heterocycles. The highest BCUT2D eigenvalue weighted by molar-refractivity contribution is 5.68. The van der Waals surface area contributed by atoms with Crippen molar-refractivity contribution in [1.82, 2.24) is 14.7 Å². The second-order valence-corrected chi connectivity index (χ2v) is 8.84. The fourth-order valence-corrected chi connectivity index (χ4v) is 5.41. The van der Waals surface area contributed by atoms with E-state index in [4.69, 9.17) is 9.47 Å². The van der Waals surface area contributed by atoms with Crippen molar-refractivity contribution in [3.8, 4) is 0 Å². The van der Waals surface area contributed by atoms with Gasteiger partial charge < -0.3 is 19.3 Å². The number of carbonyl (C=O) groups is 1. The number of amides is 1. The number of hydrogen-bond acceptors (Lipinski definition) is 6. The highest BCUT2D eigenvalue weighted by atomic mass is 19.1. The van der Waals surface area contributed by atoms with Gasteiger partial charge in [-0.15, -0.1) is 0 Å². The van der Waals surface area contributed by atoms with Crippen LogP contribution in [0.5, 0.6) is 0 Å². The topological polar surface area (TPSA) is 57.6 Å². The van der Waals surface area contributed by atoms with Crippen LogP contribution in [-0.4, -0.2) is 99.3 Å². The van der Waals surface area contributed by atoms with Gasteiger partial charge in [0.15, 0.2) is 0 Å². The van der Waals surface area contributed by atoms with Crippen LogP contribution >= 0.6 is 0 Å². The smallest absolute Gasteiger partial charge is 0.409 e. The van der Waals surface area contributed by atoms with Crippen LogP contribution in [0.4, 0.5) is 9.18 Å². The van der Waals surface area contributed by atoms with Crippen LogP contribution in [0.1, 0.15) is 39.0 Å². The maximum Gasteiger partial charge on any atom is 0.409 e. The second-order valence-electron chi connectivity index (χ2n) is 8.84. The summed E-state index contributed by atoms with van der Waals surface area (Å²) in [6.45, 7) is 10.1. The molecule has 7 nitrogen and oxygen atoms in total. The van der Waals surface area contributed by atoms with E-state index in [9.17, 15) is 9.18 Å². The minimum atomic E-state index is -0.360. The Morgan fingerprint density at radius 1 is 1.33 bits per heavy atom. The van der Waals surface area contributed by atoms with E-state index in [1.165, 1.54) is 12.8 Å². The predicted molar refractivity (Wildman–Crippen MR) is 115 cm³/mol. The second kappa shape index (κ2) is 10.6. The standard InChI is InChI=1S/C22H37FN4O3/c1-4-30-21(28)27-11-7-22(17-27)13-19(14-22)25-9-5-18(6-10-25)26(12-8-23)16-20(29-3)15-24-2/h15,18-19H,2,4-14,16-17H2,1,3H3/b20-15-. The van der Waals surface area contributed by atoms with Crippen molar-refractivity contribution in [3.05, 3.63) is 12.0 Å². The van der Waals surface area contributed by atoms with Crippen molar-refractivity contribution < 1.29 is 18.7 Å². The maximum absolute atomic E-state index is 13.1. The van der Waals surface area contributed by atoms with E-state index < -0.39 is 0 Å². The molecule has 3 rings (SSSR count). The minimum absolute atomic E-state index is 0.164. The number of alkyl halides is 1. The van der Waals surface area contributed by atoms with Gasteiger partial charge in [0.2, 0.25) is 0 Å². The highest BCUT2D eigenvalue weighted by Crippen LogP contribution is 2.50. The van der Waals surface area contributed by atoms with Crippen LogP contribution in [0.25, 0.3) is 0 Å². The zero-order valence-corrected chi connectivity index (χ0v) is 18.5. The molecule has 2 aliphatic heterocycles.